The summed E-state index contributed by atoms with van der Waals surface area (Å²) in [5.41, 5.74) is -2.56. The van der Waals surface area contributed by atoms with E-state index in [0.717, 1.165) is 9.47 Å². The molecule has 1 aliphatic rings. The van der Waals surface area contributed by atoms with Crippen LogP contribution < -0.4 is 5.69 Å². The molecule has 1 aromatic carbocycles. The van der Waals surface area contributed by atoms with Gasteiger partial charge in [-0.3, -0.25) is 4.79 Å². The van der Waals surface area contributed by atoms with Crippen LogP contribution in [-0.2, 0) is 12.5 Å². The van der Waals surface area contributed by atoms with Gasteiger partial charge in [0.25, 0.3) is 5.91 Å². The number of carbonyl (C=O) groups is 1. The molecule has 29 heavy (non-hydrogen) atoms. The number of hydrogen-bond acceptors (Lipinski definition) is 5. The van der Waals surface area contributed by atoms with Crippen molar-refractivity contribution < 1.29 is 22.5 Å². The fourth-order valence-corrected chi connectivity index (χ4v) is 3.40. The number of likely N-dealkylation sites (tertiary alicyclic amines) is 1. The molecular formula is C18H16F3N5O3. The van der Waals surface area contributed by atoms with Crippen LogP contribution in [0.25, 0.3) is 11.4 Å². The molecule has 0 aliphatic carbocycles. The van der Waals surface area contributed by atoms with Crippen LogP contribution in [0.2, 0.25) is 0 Å². The molecule has 0 saturated carbocycles. The Morgan fingerprint density at radius 2 is 2.00 bits per heavy atom. The minimum absolute atomic E-state index is 0.0430. The molecule has 1 unspecified atom stereocenters. The number of imidazole rings is 1. The van der Waals surface area contributed by atoms with Gasteiger partial charge in [0, 0.05) is 31.9 Å². The van der Waals surface area contributed by atoms with Crippen molar-refractivity contribution in [1.29, 1.82) is 0 Å². The van der Waals surface area contributed by atoms with Crippen LogP contribution in [0.3, 0.4) is 0 Å². The van der Waals surface area contributed by atoms with Crippen molar-refractivity contribution in [2.45, 2.75) is 18.0 Å². The third-order valence-electron chi connectivity index (χ3n) is 5.08. The molecule has 1 saturated heterocycles. The Morgan fingerprint density at radius 1 is 1.28 bits per heavy atom. The fourth-order valence-electron chi connectivity index (χ4n) is 3.40. The van der Waals surface area contributed by atoms with Gasteiger partial charge in [0.2, 0.25) is 11.7 Å². The van der Waals surface area contributed by atoms with Crippen molar-refractivity contribution >= 4 is 5.91 Å². The summed E-state index contributed by atoms with van der Waals surface area (Å²) in [5.74, 6) is -1.24. The quantitative estimate of drug-likeness (QED) is 0.717. The van der Waals surface area contributed by atoms with Gasteiger partial charge in [0.1, 0.15) is 5.69 Å². The second-order valence-electron chi connectivity index (χ2n) is 6.93. The van der Waals surface area contributed by atoms with Crippen molar-refractivity contribution in [2.24, 2.45) is 7.05 Å². The molecule has 4 rings (SSSR count). The van der Waals surface area contributed by atoms with E-state index in [9.17, 15) is 22.8 Å². The molecule has 0 radical (unpaired) electrons. The molecule has 3 aromatic rings. The van der Waals surface area contributed by atoms with Crippen molar-refractivity contribution in [3.05, 3.63) is 58.6 Å². The van der Waals surface area contributed by atoms with E-state index < -0.39 is 42.0 Å². The third kappa shape index (κ3) is 3.12. The molecule has 0 bridgehead atoms. The first kappa shape index (κ1) is 19.0. The lowest BCUT2D eigenvalue weighted by Gasteiger charge is -2.27. The standard InChI is InChI=1S/C18H16F3N5O3/c1-25-9-12(22-16(25)28)14(27)26-8-7-17(10-26,18(19,20)21)15-23-13(24-29-15)11-5-3-2-4-6-11/h2-6,9H,7-8,10H2,1H3,(H,22,28). The number of aromatic nitrogens is 4. The average Bonchev–Trinajstić information content (AvgIpc) is 3.41. The monoisotopic (exact) mass is 407 g/mol. The second kappa shape index (κ2) is 6.61. The lowest BCUT2D eigenvalue weighted by Crippen LogP contribution is -2.46. The Balaban J connectivity index is 1.67. The Labute approximate surface area is 161 Å². The van der Waals surface area contributed by atoms with Gasteiger partial charge in [-0.05, 0) is 6.42 Å². The lowest BCUT2D eigenvalue weighted by atomic mass is 9.86. The van der Waals surface area contributed by atoms with E-state index in [2.05, 4.69) is 15.1 Å². The predicted molar refractivity (Wildman–Crippen MR) is 94.0 cm³/mol. The van der Waals surface area contributed by atoms with Gasteiger partial charge in [0.15, 0.2) is 5.41 Å². The third-order valence-corrected chi connectivity index (χ3v) is 5.08. The molecule has 1 aliphatic heterocycles. The number of halogens is 3. The van der Waals surface area contributed by atoms with Crippen molar-refractivity contribution in [3.8, 4) is 11.4 Å². The number of rotatable bonds is 3. The van der Waals surface area contributed by atoms with Crippen molar-refractivity contribution in [2.75, 3.05) is 13.1 Å². The number of aromatic amines is 1. The summed E-state index contributed by atoms with van der Waals surface area (Å²) < 4.78 is 48.4. The normalized spacial score (nSPS) is 19.7. The Kier molecular flexibility index (Phi) is 4.32. The van der Waals surface area contributed by atoms with Gasteiger partial charge in [-0.25, -0.2) is 4.79 Å². The summed E-state index contributed by atoms with van der Waals surface area (Å²) in [4.78, 5) is 31.5. The zero-order chi connectivity index (χ0) is 20.8. The van der Waals surface area contributed by atoms with Crippen LogP contribution in [0.1, 0.15) is 22.8 Å². The smallest absolute Gasteiger partial charge is 0.338 e. The number of H-pyrrole nitrogens is 1. The first-order valence-corrected chi connectivity index (χ1v) is 8.72. The largest absolute Gasteiger partial charge is 0.405 e. The first-order chi connectivity index (χ1) is 13.7. The van der Waals surface area contributed by atoms with E-state index in [1.54, 1.807) is 30.3 Å². The second-order valence-corrected chi connectivity index (χ2v) is 6.93. The highest BCUT2D eigenvalue weighted by atomic mass is 19.4. The molecule has 2 aromatic heterocycles. The van der Waals surface area contributed by atoms with E-state index in [4.69, 9.17) is 4.52 Å². The minimum Gasteiger partial charge on any atom is -0.338 e. The summed E-state index contributed by atoms with van der Waals surface area (Å²) in [5, 5.41) is 3.69. The highest BCUT2D eigenvalue weighted by Crippen LogP contribution is 2.47. The summed E-state index contributed by atoms with van der Waals surface area (Å²) >= 11 is 0. The van der Waals surface area contributed by atoms with Crippen molar-refractivity contribution in [3.63, 3.8) is 0 Å². The molecule has 0 spiro atoms. The number of amides is 1. The number of carbonyl (C=O) groups excluding carboxylic acids is 1. The number of nitrogens with one attached hydrogen (secondary N) is 1. The van der Waals surface area contributed by atoms with Crippen LogP contribution >= 0.6 is 0 Å². The van der Waals surface area contributed by atoms with Gasteiger partial charge in [-0.15, -0.1) is 0 Å². The van der Waals surface area contributed by atoms with Gasteiger partial charge in [-0.1, -0.05) is 35.5 Å². The van der Waals surface area contributed by atoms with Crippen LogP contribution in [0.15, 0.2) is 45.8 Å². The zero-order valence-electron chi connectivity index (χ0n) is 15.2. The molecule has 8 nitrogen and oxygen atoms in total. The molecule has 3 heterocycles. The maximum Gasteiger partial charge on any atom is 0.405 e. The van der Waals surface area contributed by atoms with Crippen LogP contribution in [0, 0.1) is 0 Å². The topological polar surface area (TPSA) is 97.0 Å². The van der Waals surface area contributed by atoms with E-state index in [1.807, 2.05) is 0 Å². The highest BCUT2D eigenvalue weighted by Gasteiger charge is 2.63. The van der Waals surface area contributed by atoms with Crippen molar-refractivity contribution in [1.82, 2.24) is 24.6 Å². The fraction of sp³-hybridized carbons (Fsp3) is 0.333. The van der Waals surface area contributed by atoms with Gasteiger partial charge in [-0.2, -0.15) is 18.2 Å². The lowest BCUT2D eigenvalue weighted by molar-refractivity contribution is -0.193. The van der Waals surface area contributed by atoms with E-state index in [-0.39, 0.29) is 18.1 Å². The molecular weight excluding hydrogens is 391 g/mol. The van der Waals surface area contributed by atoms with E-state index in [1.165, 1.54) is 13.2 Å². The summed E-state index contributed by atoms with van der Waals surface area (Å²) in [6.45, 7) is -0.846. The highest BCUT2D eigenvalue weighted by molar-refractivity contribution is 5.92. The van der Waals surface area contributed by atoms with Crippen LogP contribution in [0.4, 0.5) is 13.2 Å². The number of hydrogen-bond donors (Lipinski definition) is 1. The summed E-state index contributed by atoms with van der Waals surface area (Å²) in [7, 11) is 1.43. The average molecular weight is 407 g/mol. The first-order valence-electron chi connectivity index (χ1n) is 8.72. The summed E-state index contributed by atoms with van der Waals surface area (Å²) in [6.07, 6.45) is -3.89. The Morgan fingerprint density at radius 3 is 2.62 bits per heavy atom. The van der Waals surface area contributed by atoms with Gasteiger partial charge < -0.3 is 19.0 Å². The predicted octanol–water partition coefficient (Wildman–Crippen LogP) is 2.11. The maximum atomic E-state index is 14.1. The molecule has 11 heteroatoms. The maximum absolute atomic E-state index is 14.1. The molecule has 1 fully saturated rings. The van der Waals surface area contributed by atoms with Crippen LogP contribution in [-0.4, -0.2) is 49.8 Å². The number of benzene rings is 1. The number of nitrogens with zero attached hydrogens (tertiary/aromatic N) is 4. The zero-order valence-corrected chi connectivity index (χ0v) is 15.2. The van der Waals surface area contributed by atoms with E-state index >= 15 is 0 Å². The van der Waals surface area contributed by atoms with Crippen LogP contribution in [0.5, 0.6) is 0 Å². The SMILES string of the molecule is Cn1cc(C(=O)N2CCC(c3nc(-c4ccccc4)no3)(C(F)(F)F)C2)[nH]c1=O. The number of aryl methyl sites for hydroxylation is 1. The van der Waals surface area contributed by atoms with E-state index in [0.29, 0.717) is 5.56 Å². The minimum atomic E-state index is -4.72. The molecule has 1 amide bonds. The van der Waals surface area contributed by atoms with Gasteiger partial charge >= 0.3 is 11.9 Å². The molecule has 1 atom stereocenters. The summed E-state index contributed by atoms with van der Waals surface area (Å²) in [6, 6.07) is 8.50. The molecule has 1 N–H and O–H groups in total. The Bertz CT molecular complexity index is 1100. The number of alkyl halides is 3. The Hall–Kier alpha value is -3.37. The van der Waals surface area contributed by atoms with Gasteiger partial charge in [0.05, 0.1) is 0 Å². The molecule has 152 valence electrons.